The molecule has 3 rings (SSSR count). The third kappa shape index (κ3) is 11.6. The summed E-state index contributed by atoms with van der Waals surface area (Å²) < 4.78 is 0. The van der Waals surface area contributed by atoms with Crippen LogP contribution >= 0.6 is 0 Å². The van der Waals surface area contributed by atoms with Gasteiger partial charge in [0.25, 0.3) is 0 Å². The molecular weight excluding hydrogens is 362 g/mol. The maximum absolute atomic E-state index is 2.55. The van der Waals surface area contributed by atoms with Crippen LogP contribution < -0.4 is 0 Å². The van der Waals surface area contributed by atoms with Gasteiger partial charge in [0.15, 0.2) is 0 Å². The Balaban J connectivity index is 0. The summed E-state index contributed by atoms with van der Waals surface area (Å²) in [5, 5.41) is 0. The second-order valence-corrected chi connectivity index (χ2v) is 8.73. The van der Waals surface area contributed by atoms with Gasteiger partial charge in [0.1, 0.15) is 0 Å². The van der Waals surface area contributed by atoms with Crippen LogP contribution in [0.5, 0.6) is 0 Å². The molecule has 0 spiro atoms. The first-order chi connectivity index (χ1) is 14.2. The van der Waals surface area contributed by atoms with Crippen LogP contribution in [-0.4, -0.2) is 17.0 Å². The van der Waals surface area contributed by atoms with Gasteiger partial charge in [-0.15, -0.1) is 0 Å². The molecule has 0 unspecified atom stereocenters. The highest BCUT2D eigenvalue weighted by Gasteiger charge is 2.24. The molecule has 0 radical (unpaired) electrons. The molecule has 1 heterocycles. The molecule has 1 nitrogen and oxygen atoms in total. The number of benzene rings is 2. The summed E-state index contributed by atoms with van der Waals surface area (Å²) in [7, 11) is 0. The van der Waals surface area contributed by atoms with Crippen LogP contribution in [0.2, 0.25) is 0 Å². The Morgan fingerprint density at radius 1 is 0.600 bits per heavy atom. The monoisotopic (exact) mass is 413 g/mol. The minimum atomic E-state index is 0.293. The summed E-state index contributed by atoms with van der Waals surface area (Å²) in [6.45, 7) is 27.9. The molecule has 0 saturated heterocycles. The molecule has 0 aliphatic carbocycles. The molecule has 0 saturated carbocycles. The van der Waals surface area contributed by atoms with Crippen molar-refractivity contribution in [2.24, 2.45) is 0 Å². The smallest absolute Gasteiger partial charge is 0.0241 e. The first-order valence-electron chi connectivity index (χ1n) is 12.1. The average molecular weight is 414 g/mol. The molecule has 1 aliphatic rings. The molecule has 172 valence electrons. The Bertz CT molecular complexity index is 629. The van der Waals surface area contributed by atoms with Crippen LogP contribution in [0.25, 0.3) is 0 Å². The summed E-state index contributed by atoms with van der Waals surface area (Å²) in [6.07, 6.45) is 1.20. The number of hydrogen-bond acceptors (Lipinski definition) is 1. The van der Waals surface area contributed by atoms with E-state index in [0.29, 0.717) is 11.0 Å². The van der Waals surface area contributed by atoms with Crippen molar-refractivity contribution in [3.05, 3.63) is 71.3 Å². The molecule has 0 atom stereocenters. The zero-order valence-corrected chi connectivity index (χ0v) is 22.3. The minimum Gasteiger partial charge on any atom is -0.294 e. The number of fused-ring (bicyclic) bond motifs is 1. The molecule has 0 amide bonds. The van der Waals surface area contributed by atoms with Crippen molar-refractivity contribution in [3.8, 4) is 0 Å². The van der Waals surface area contributed by atoms with E-state index in [1.165, 1.54) is 29.7 Å². The fourth-order valence-corrected chi connectivity index (χ4v) is 3.01. The van der Waals surface area contributed by atoms with E-state index >= 15 is 0 Å². The highest BCUT2D eigenvalue weighted by atomic mass is 15.2. The molecular formula is C29H51N. The van der Waals surface area contributed by atoms with E-state index in [-0.39, 0.29) is 0 Å². The Labute approximate surface area is 189 Å². The van der Waals surface area contributed by atoms with Crippen LogP contribution in [0.15, 0.2) is 54.6 Å². The van der Waals surface area contributed by atoms with E-state index < -0.39 is 0 Å². The molecule has 0 bridgehead atoms. The highest BCUT2D eigenvalue weighted by molar-refractivity contribution is 5.29. The fourth-order valence-electron chi connectivity index (χ4n) is 3.01. The maximum Gasteiger partial charge on any atom is 0.0241 e. The average Bonchev–Trinajstić information content (AvgIpc) is 2.77. The minimum absolute atomic E-state index is 0.293. The zero-order chi connectivity index (χ0) is 23.8. The van der Waals surface area contributed by atoms with E-state index in [4.69, 9.17) is 0 Å². The molecule has 0 aromatic heterocycles. The summed E-state index contributed by atoms with van der Waals surface area (Å²) in [5.74, 6) is 0. The predicted octanol–water partition coefficient (Wildman–Crippen LogP) is 8.91. The van der Waals surface area contributed by atoms with Crippen molar-refractivity contribution in [1.82, 2.24) is 4.90 Å². The van der Waals surface area contributed by atoms with Crippen LogP contribution in [0.3, 0.4) is 0 Å². The zero-order valence-electron chi connectivity index (χ0n) is 22.3. The normalized spacial score (nSPS) is 12.8. The number of nitrogens with zero attached hydrogens (tertiary/aromatic N) is 1. The SMILES string of the molecule is CC.CC.CC.CC(C)(C)N1CCc2ccccc2C1.CC(C)(C)c1ccccc1. The lowest BCUT2D eigenvalue weighted by Crippen LogP contribution is -2.44. The standard InChI is InChI=1S/C13H19N.C10H14.3C2H6/c1-13(2,3)14-9-8-11-6-4-5-7-12(11)10-14;1-10(2,3)9-7-5-4-6-8-9;3*1-2/h4-7H,8-10H2,1-3H3;4-8H,1-3H3;3*1-2H3. The Hall–Kier alpha value is -1.60. The third-order valence-corrected chi connectivity index (χ3v) is 4.72. The maximum atomic E-state index is 2.55. The second-order valence-electron chi connectivity index (χ2n) is 8.73. The van der Waals surface area contributed by atoms with Gasteiger partial charge in [-0.1, -0.05) is 117 Å². The van der Waals surface area contributed by atoms with Crippen LogP contribution in [-0.2, 0) is 18.4 Å². The first-order valence-corrected chi connectivity index (χ1v) is 12.1. The van der Waals surface area contributed by atoms with Gasteiger partial charge in [-0.2, -0.15) is 0 Å². The van der Waals surface area contributed by atoms with Crippen molar-refractivity contribution < 1.29 is 0 Å². The summed E-state index contributed by atoms with van der Waals surface area (Å²) in [4.78, 5) is 2.55. The lowest BCUT2D eigenvalue weighted by Gasteiger charge is -2.39. The van der Waals surface area contributed by atoms with Gasteiger partial charge < -0.3 is 0 Å². The number of rotatable bonds is 0. The van der Waals surface area contributed by atoms with Gasteiger partial charge in [0.05, 0.1) is 0 Å². The first kappa shape index (κ1) is 30.6. The van der Waals surface area contributed by atoms with Gasteiger partial charge >= 0.3 is 0 Å². The Morgan fingerprint density at radius 3 is 1.43 bits per heavy atom. The molecule has 30 heavy (non-hydrogen) atoms. The van der Waals surface area contributed by atoms with Crippen molar-refractivity contribution in [1.29, 1.82) is 0 Å². The molecule has 2 aromatic carbocycles. The van der Waals surface area contributed by atoms with Crippen LogP contribution in [0.1, 0.15) is 99.8 Å². The fraction of sp³-hybridized carbons (Fsp3) is 0.586. The molecule has 0 N–H and O–H groups in total. The van der Waals surface area contributed by atoms with Crippen molar-refractivity contribution in [2.75, 3.05) is 6.54 Å². The van der Waals surface area contributed by atoms with E-state index in [1.807, 2.05) is 41.5 Å². The Kier molecular flexibility index (Phi) is 16.5. The Morgan fingerprint density at radius 2 is 1.03 bits per heavy atom. The van der Waals surface area contributed by atoms with Gasteiger partial charge in [-0.25, -0.2) is 0 Å². The van der Waals surface area contributed by atoms with E-state index in [0.717, 1.165) is 6.54 Å². The van der Waals surface area contributed by atoms with Crippen LogP contribution in [0.4, 0.5) is 0 Å². The summed E-state index contributed by atoms with van der Waals surface area (Å²) in [5.41, 5.74) is 5.03. The van der Waals surface area contributed by atoms with Gasteiger partial charge in [0, 0.05) is 18.6 Å². The molecule has 0 fully saturated rings. The molecule has 1 heteroatoms. The van der Waals surface area contributed by atoms with Gasteiger partial charge in [-0.3, -0.25) is 4.90 Å². The van der Waals surface area contributed by atoms with Gasteiger partial charge in [-0.05, 0) is 49.3 Å². The van der Waals surface area contributed by atoms with Gasteiger partial charge in [0.2, 0.25) is 0 Å². The highest BCUT2D eigenvalue weighted by Crippen LogP contribution is 2.24. The van der Waals surface area contributed by atoms with Crippen LogP contribution in [0, 0.1) is 0 Å². The second kappa shape index (κ2) is 16.1. The largest absolute Gasteiger partial charge is 0.294 e. The molecule has 1 aliphatic heterocycles. The summed E-state index contributed by atoms with van der Waals surface area (Å²) >= 11 is 0. The van der Waals surface area contributed by atoms with Crippen molar-refractivity contribution in [2.45, 2.75) is 107 Å². The quantitative estimate of drug-likeness (QED) is 0.416. The lowest BCUT2D eigenvalue weighted by atomic mass is 9.87. The van der Waals surface area contributed by atoms with Crippen molar-refractivity contribution >= 4 is 0 Å². The van der Waals surface area contributed by atoms with E-state index in [1.54, 1.807) is 0 Å². The molecule has 2 aromatic rings. The van der Waals surface area contributed by atoms with E-state index in [2.05, 4.69) is 101 Å². The third-order valence-electron chi connectivity index (χ3n) is 4.72. The lowest BCUT2D eigenvalue weighted by molar-refractivity contribution is 0.121. The predicted molar refractivity (Wildman–Crippen MR) is 139 cm³/mol. The van der Waals surface area contributed by atoms with E-state index in [9.17, 15) is 0 Å². The summed E-state index contributed by atoms with van der Waals surface area (Å²) in [6, 6.07) is 19.4. The topological polar surface area (TPSA) is 3.24 Å². The number of hydrogen-bond donors (Lipinski definition) is 0. The van der Waals surface area contributed by atoms with Crippen molar-refractivity contribution in [3.63, 3.8) is 0 Å².